The summed E-state index contributed by atoms with van der Waals surface area (Å²) in [6.07, 6.45) is 0. The number of benzene rings is 1. The van der Waals surface area contributed by atoms with Crippen LogP contribution in [0.5, 0.6) is 0 Å². The first kappa shape index (κ1) is 7.55. The Balaban J connectivity index is 2.52. The average molecular weight is 188 g/mol. The number of nitrogens with zero attached hydrogens (tertiary/aromatic N) is 2. The summed E-state index contributed by atoms with van der Waals surface area (Å²) in [5.74, 6) is 0.665. The van der Waals surface area contributed by atoms with Crippen molar-refractivity contribution in [3.05, 3.63) is 23.7 Å². The van der Waals surface area contributed by atoms with Crippen LogP contribution >= 0.6 is 0 Å². The van der Waals surface area contributed by atoms with E-state index >= 15 is 0 Å². The monoisotopic (exact) mass is 188 g/mol. The first-order valence-corrected chi connectivity index (χ1v) is 4.37. The van der Waals surface area contributed by atoms with Gasteiger partial charge in [0.15, 0.2) is 17.1 Å². The van der Waals surface area contributed by atoms with E-state index in [1.807, 2.05) is 26.0 Å². The summed E-state index contributed by atoms with van der Waals surface area (Å²) >= 11 is 0. The maximum absolute atomic E-state index is 5.39. The van der Waals surface area contributed by atoms with Crippen molar-refractivity contribution in [2.24, 2.45) is 0 Å². The van der Waals surface area contributed by atoms with Crippen molar-refractivity contribution in [2.45, 2.75) is 13.8 Å². The molecule has 0 aliphatic rings. The molecule has 0 bridgehead atoms. The predicted molar refractivity (Wildman–Crippen MR) is 51.1 cm³/mol. The molecular formula is C10H8N2O2. The molecule has 3 aromatic rings. The van der Waals surface area contributed by atoms with E-state index in [2.05, 4.69) is 10.1 Å². The number of hydrogen-bond donors (Lipinski definition) is 0. The van der Waals surface area contributed by atoms with Crippen molar-refractivity contribution >= 4 is 22.1 Å². The summed E-state index contributed by atoms with van der Waals surface area (Å²) in [6, 6.07) is 3.76. The molecule has 0 saturated heterocycles. The number of hydrogen-bond acceptors (Lipinski definition) is 4. The van der Waals surface area contributed by atoms with E-state index < -0.39 is 0 Å². The average Bonchev–Trinajstić information content (AvgIpc) is 2.66. The highest BCUT2D eigenvalue weighted by Crippen LogP contribution is 2.24. The van der Waals surface area contributed by atoms with Gasteiger partial charge in [-0.05, 0) is 13.0 Å². The van der Waals surface area contributed by atoms with Crippen molar-refractivity contribution in [2.75, 3.05) is 0 Å². The van der Waals surface area contributed by atoms with E-state index in [4.69, 9.17) is 8.94 Å². The van der Waals surface area contributed by atoms with Crippen LogP contribution in [0.4, 0.5) is 0 Å². The molecule has 0 saturated carbocycles. The minimum absolute atomic E-state index is 0.665. The third-order valence-corrected chi connectivity index (χ3v) is 2.27. The predicted octanol–water partition coefficient (Wildman–Crippen LogP) is 2.59. The molecule has 0 radical (unpaired) electrons. The number of fused-ring (bicyclic) bond motifs is 2. The minimum Gasteiger partial charge on any atom is -0.441 e. The van der Waals surface area contributed by atoms with Gasteiger partial charge >= 0.3 is 0 Å². The summed E-state index contributed by atoms with van der Waals surface area (Å²) < 4.78 is 10.5. The lowest BCUT2D eigenvalue weighted by Gasteiger charge is -1.86. The molecule has 0 aliphatic heterocycles. The normalized spacial score (nSPS) is 11.6. The molecule has 4 heteroatoms. The number of aryl methyl sites for hydroxylation is 2. The molecule has 0 amide bonds. The largest absolute Gasteiger partial charge is 0.441 e. The lowest BCUT2D eigenvalue weighted by Crippen LogP contribution is -1.72. The third kappa shape index (κ3) is 0.878. The maximum atomic E-state index is 5.39. The molecular weight excluding hydrogens is 180 g/mol. The Morgan fingerprint density at radius 2 is 2.00 bits per heavy atom. The Morgan fingerprint density at radius 3 is 2.86 bits per heavy atom. The zero-order chi connectivity index (χ0) is 9.71. The van der Waals surface area contributed by atoms with Crippen LogP contribution in [0.1, 0.15) is 11.6 Å². The summed E-state index contributed by atoms with van der Waals surface area (Å²) in [7, 11) is 0. The van der Waals surface area contributed by atoms with Crippen LogP contribution in [0.15, 0.2) is 21.1 Å². The van der Waals surface area contributed by atoms with Gasteiger partial charge in [-0.2, -0.15) is 0 Å². The molecule has 0 aliphatic carbocycles. The second-order valence-electron chi connectivity index (χ2n) is 3.32. The van der Waals surface area contributed by atoms with Crippen molar-refractivity contribution in [1.29, 1.82) is 0 Å². The van der Waals surface area contributed by atoms with Crippen LogP contribution in [0.3, 0.4) is 0 Å². The molecule has 0 atom stereocenters. The lowest BCUT2D eigenvalue weighted by molar-refractivity contribution is 0.450. The number of rotatable bonds is 0. The molecule has 2 heterocycles. The van der Waals surface area contributed by atoms with Gasteiger partial charge in [0.05, 0.1) is 5.69 Å². The Kier molecular flexibility index (Phi) is 1.27. The molecule has 70 valence electrons. The Hall–Kier alpha value is -1.84. The van der Waals surface area contributed by atoms with Gasteiger partial charge in [0.2, 0.25) is 0 Å². The fourth-order valence-corrected chi connectivity index (χ4v) is 1.60. The van der Waals surface area contributed by atoms with Crippen LogP contribution in [-0.2, 0) is 0 Å². The molecule has 2 aromatic heterocycles. The fraction of sp³-hybridized carbons (Fsp3) is 0.200. The van der Waals surface area contributed by atoms with Crippen LogP contribution in [0, 0.1) is 13.8 Å². The van der Waals surface area contributed by atoms with E-state index in [0.29, 0.717) is 5.89 Å². The summed E-state index contributed by atoms with van der Waals surface area (Å²) in [5.41, 5.74) is 3.21. The molecule has 0 unspecified atom stereocenters. The molecule has 14 heavy (non-hydrogen) atoms. The van der Waals surface area contributed by atoms with E-state index in [1.54, 1.807) is 0 Å². The van der Waals surface area contributed by atoms with Crippen LogP contribution in [0.25, 0.3) is 22.1 Å². The highest BCUT2D eigenvalue weighted by Gasteiger charge is 2.09. The third-order valence-electron chi connectivity index (χ3n) is 2.27. The van der Waals surface area contributed by atoms with Gasteiger partial charge in [0, 0.05) is 18.4 Å². The summed E-state index contributed by atoms with van der Waals surface area (Å²) in [4.78, 5) is 4.25. The van der Waals surface area contributed by atoms with Gasteiger partial charge in [-0.1, -0.05) is 5.16 Å². The molecule has 3 rings (SSSR count). The van der Waals surface area contributed by atoms with E-state index in [9.17, 15) is 0 Å². The first-order chi connectivity index (χ1) is 6.74. The maximum Gasteiger partial charge on any atom is 0.192 e. The second kappa shape index (κ2) is 2.35. The zero-order valence-corrected chi connectivity index (χ0v) is 7.87. The minimum atomic E-state index is 0.665. The summed E-state index contributed by atoms with van der Waals surface area (Å²) in [6.45, 7) is 3.73. The van der Waals surface area contributed by atoms with Crippen molar-refractivity contribution in [1.82, 2.24) is 10.1 Å². The van der Waals surface area contributed by atoms with Gasteiger partial charge in [0.25, 0.3) is 0 Å². The Morgan fingerprint density at radius 1 is 1.14 bits per heavy atom. The SMILES string of the molecule is Cc1nc2cc3c(C)noc3cc2o1. The number of oxazole rings is 1. The van der Waals surface area contributed by atoms with Crippen LogP contribution in [-0.4, -0.2) is 10.1 Å². The number of aromatic nitrogens is 2. The lowest BCUT2D eigenvalue weighted by atomic mass is 10.2. The van der Waals surface area contributed by atoms with Crippen LogP contribution in [0.2, 0.25) is 0 Å². The molecule has 0 fully saturated rings. The molecule has 0 N–H and O–H groups in total. The Bertz CT molecular complexity index is 621. The Labute approximate surface area is 79.5 Å². The fourth-order valence-electron chi connectivity index (χ4n) is 1.60. The highest BCUT2D eigenvalue weighted by atomic mass is 16.5. The van der Waals surface area contributed by atoms with Crippen molar-refractivity contribution in [3.8, 4) is 0 Å². The molecule has 4 nitrogen and oxygen atoms in total. The van der Waals surface area contributed by atoms with Gasteiger partial charge < -0.3 is 8.94 Å². The van der Waals surface area contributed by atoms with Crippen molar-refractivity contribution < 1.29 is 8.94 Å². The quantitative estimate of drug-likeness (QED) is 0.544. The molecule has 1 aromatic carbocycles. The smallest absolute Gasteiger partial charge is 0.192 e. The van der Waals surface area contributed by atoms with Crippen molar-refractivity contribution in [3.63, 3.8) is 0 Å². The van der Waals surface area contributed by atoms with Gasteiger partial charge in [0.1, 0.15) is 5.52 Å². The topological polar surface area (TPSA) is 52.1 Å². The summed E-state index contributed by atoms with van der Waals surface area (Å²) in [5, 5.41) is 4.87. The van der Waals surface area contributed by atoms with Gasteiger partial charge in [-0.25, -0.2) is 4.98 Å². The highest BCUT2D eigenvalue weighted by molar-refractivity contribution is 5.92. The van der Waals surface area contributed by atoms with Crippen LogP contribution < -0.4 is 0 Å². The van der Waals surface area contributed by atoms with E-state index in [-0.39, 0.29) is 0 Å². The standard InChI is InChI=1S/C10H8N2O2/c1-5-7-3-8-10(13-6(2)11-8)4-9(7)14-12-5/h3-4H,1-2H3. The van der Waals surface area contributed by atoms with E-state index in [1.165, 1.54) is 0 Å². The first-order valence-electron chi connectivity index (χ1n) is 4.37. The van der Waals surface area contributed by atoms with Gasteiger partial charge in [-0.3, -0.25) is 0 Å². The molecule has 0 spiro atoms. The second-order valence-corrected chi connectivity index (χ2v) is 3.32. The van der Waals surface area contributed by atoms with Gasteiger partial charge in [-0.15, -0.1) is 0 Å². The van der Waals surface area contributed by atoms with E-state index in [0.717, 1.165) is 27.8 Å². The zero-order valence-electron chi connectivity index (χ0n) is 7.87.